The van der Waals surface area contributed by atoms with Gasteiger partial charge in [0.1, 0.15) is 0 Å². The minimum absolute atomic E-state index is 0.240. The first-order chi connectivity index (χ1) is 8.97. The standard InChI is InChI=1S/C12H14F3N3O/c1-17-2-4-18(5-3-17)16-12(19)8-6-9(13)11(15)10(14)7-8/h6-7H,2-5H2,1H3,(H,16,19). The lowest BCUT2D eigenvalue weighted by Gasteiger charge is -2.32. The number of nitrogens with zero attached hydrogens (tertiary/aromatic N) is 2. The van der Waals surface area contributed by atoms with E-state index >= 15 is 0 Å². The van der Waals surface area contributed by atoms with Crippen molar-refractivity contribution in [3.05, 3.63) is 35.1 Å². The van der Waals surface area contributed by atoms with E-state index in [2.05, 4.69) is 10.3 Å². The number of hydrogen-bond donors (Lipinski definition) is 1. The van der Waals surface area contributed by atoms with E-state index in [0.717, 1.165) is 13.1 Å². The number of hydrogen-bond acceptors (Lipinski definition) is 3. The molecule has 0 atom stereocenters. The zero-order chi connectivity index (χ0) is 14.0. The van der Waals surface area contributed by atoms with Crippen LogP contribution in [0.3, 0.4) is 0 Å². The van der Waals surface area contributed by atoms with E-state index in [4.69, 9.17) is 0 Å². The number of hydrazine groups is 1. The van der Waals surface area contributed by atoms with Crippen LogP contribution >= 0.6 is 0 Å². The molecule has 1 aliphatic heterocycles. The quantitative estimate of drug-likeness (QED) is 0.816. The van der Waals surface area contributed by atoms with Gasteiger partial charge in [-0.15, -0.1) is 0 Å². The summed E-state index contributed by atoms with van der Waals surface area (Å²) in [5, 5.41) is 1.67. The Morgan fingerprint density at radius 3 is 2.16 bits per heavy atom. The number of carbonyl (C=O) groups excluding carboxylic acids is 1. The monoisotopic (exact) mass is 273 g/mol. The highest BCUT2D eigenvalue weighted by molar-refractivity contribution is 5.93. The Balaban J connectivity index is 2.04. The molecule has 2 rings (SSSR count). The topological polar surface area (TPSA) is 35.6 Å². The zero-order valence-corrected chi connectivity index (χ0v) is 10.4. The number of benzene rings is 1. The fourth-order valence-corrected chi connectivity index (χ4v) is 1.81. The van der Waals surface area contributed by atoms with Crippen LogP contribution in [0.15, 0.2) is 12.1 Å². The van der Waals surface area contributed by atoms with Gasteiger partial charge in [-0.1, -0.05) is 0 Å². The highest BCUT2D eigenvalue weighted by Gasteiger charge is 2.19. The molecular formula is C12H14F3N3O. The second-order valence-corrected chi connectivity index (χ2v) is 4.49. The molecule has 1 aliphatic rings. The van der Waals surface area contributed by atoms with E-state index < -0.39 is 23.4 Å². The Hall–Kier alpha value is -1.60. The molecule has 0 radical (unpaired) electrons. The van der Waals surface area contributed by atoms with E-state index in [9.17, 15) is 18.0 Å². The largest absolute Gasteiger partial charge is 0.304 e. The van der Waals surface area contributed by atoms with Gasteiger partial charge in [-0.25, -0.2) is 18.2 Å². The van der Waals surface area contributed by atoms with Crippen molar-refractivity contribution in [3.8, 4) is 0 Å². The van der Waals surface area contributed by atoms with Crippen LogP contribution < -0.4 is 5.43 Å². The van der Waals surface area contributed by atoms with Gasteiger partial charge < -0.3 is 4.90 Å². The summed E-state index contributed by atoms with van der Waals surface area (Å²) in [6.07, 6.45) is 0. The summed E-state index contributed by atoms with van der Waals surface area (Å²) in [7, 11) is 1.96. The van der Waals surface area contributed by atoms with Crippen molar-refractivity contribution >= 4 is 5.91 Å². The number of rotatable bonds is 2. The molecule has 1 fully saturated rings. The summed E-state index contributed by atoms with van der Waals surface area (Å²) < 4.78 is 38.8. The second-order valence-electron chi connectivity index (χ2n) is 4.49. The van der Waals surface area contributed by atoms with Crippen LogP contribution in [0.2, 0.25) is 0 Å². The first-order valence-corrected chi connectivity index (χ1v) is 5.86. The number of likely N-dealkylation sites (N-methyl/N-ethyl adjacent to an activating group) is 1. The Morgan fingerprint density at radius 1 is 1.11 bits per heavy atom. The molecule has 1 aromatic rings. The molecule has 0 aliphatic carbocycles. The predicted molar refractivity (Wildman–Crippen MR) is 62.9 cm³/mol. The van der Waals surface area contributed by atoms with Crippen molar-refractivity contribution in [3.63, 3.8) is 0 Å². The summed E-state index contributed by atoms with van der Waals surface area (Å²) in [5.74, 6) is -4.97. The van der Waals surface area contributed by atoms with Gasteiger partial charge in [0, 0.05) is 31.7 Å². The van der Waals surface area contributed by atoms with E-state index in [-0.39, 0.29) is 5.56 Å². The van der Waals surface area contributed by atoms with E-state index in [1.165, 1.54) is 0 Å². The van der Waals surface area contributed by atoms with Gasteiger partial charge in [0.2, 0.25) is 0 Å². The average Bonchev–Trinajstić information content (AvgIpc) is 2.38. The molecule has 1 aromatic carbocycles. The molecule has 1 heterocycles. The normalized spacial score (nSPS) is 17.5. The summed E-state index contributed by atoms with van der Waals surface area (Å²) in [4.78, 5) is 13.9. The lowest BCUT2D eigenvalue weighted by atomic mass is 10.2. The molecule has 1 amide bonds. The van der Waals surface area contributed by atoms with E-state index in [1.807, 2.05) is 7.05 Å². The van der Waals surface area contributed by atoms with Gasteiger partial charge in [0.15, 0.2) is 17.5 Å². The first-order valence-electron chi connectivity index (χ1n) is 5.86. The Kier molecular flexibility index (Phi) is 4.06. The molecule has 104 valence electrons. The maximum Gasteiger partial charge on any atom is 0.265 e. The number of carbonyl (C=O) groups is 1. The highest BCUT2D eigenvalue weighted by atomic mass is 19.2. The second kappa shape index (κ2) is 5.58. The maximum absolute atomic E-state index is 13.0. The van der Waals surface area contributed by atoms with Gasteiger partial charge in [0.25, 0.3) is 5.91 Å². The minimum Gasteiger partial charge on any atom is -0.304 e. The van der Waals surface area contributed by atoms with Crippen molar-refractivity contribution in [2.24, 2.45) is 0 Å². The number of halogens is 3. The maximum atomic E-state index is 13.0. The molecule has 1 saturated heterocycles. The third kappa shape index (κ3) is 3.24. The molecule has 0 bridgehead atoms. The molecule has 0 spiro atoms. The third-order valence-electron chi connectivity index (χ3n) is 3.01. The SMILES string of the molecule is CN1CCN(NC(=O)c2cc(F)c(F)c(F)c2)CC1. The molecule has 0 saturated carbocycles. The number of piperazine rings is 1. The van der Waals surface area contributed by atoms with Gasteiger partial charge in [-0.3, -0.25) is 10.2 Å². The van der Waals surface area contributed by atoms with Crippen LogP contribution in [0.4, 0.5) is 13.2 Å². The van der Waals surface area contributed by atoms with E-state index in [0.29, 0.717) is 25.2 Å². The smallest absolute Gasteiger partial charge is 0.265 e. The number of amides is 1. The van der Waals surface area contributed by atoms with Crippen molar-refractivity contribution in [2.45, 2.75) is 0 Å². The van der Waals surface area contributed by atoms with Crippen LogP contribution in [0.25, 0.3) is 0 Å². The molecule has 1 N–H and O–H groups in total. The van der Waals surface area contributed by atoms with Gasteiger partial charge in [0.05, 0.1) is 0 Å². The molecule has 19 heavy (non-hydrogen) atoms. The minimum atomic E-state index is -1.57. The number of nitrogens with one attached hydrogen (secondary N) is 1. The first kappa shape index (κ1) is 13.8. The van der Waals surface area contributed by atoms with Crippen LogP contribution in [0, 0.1) is 17.5 Å². The fourth-order valence-electron chi connectivity index (χ4n) is 1.81. The Bertz CT molecular complexity index is 464. The summed E-state index contributed by atoms with van der Waals surface area (Å²) >= 11 is 0. The molecule has 0 aromatic heterocycles. The van der Waals surface area contributed by atoms with Crippen molar-refractivity contribution in [2.75, 3.05) is 33.2 Å². The average molecular weight is 273 g/mol. The van der Waals surface area contributed by atoms with Crippen LogP contribution in [0.5, 0.6) is 0 Å². The van der Waals surface area contributed by atoms with Crippen molar-refractivity contribution < 1.29 is 18.0 Å². The van der Waals surface area contributed by atoms with Crippen LogP contribution in [0.1, 0.15) is 10.4 Å². The van der Waals surface area contributed by atoms with Gasteiger partial charge in [-0.05, 0) is 19.2 Å². The fraction of sp³-hybridized carbons (Fsp3) is 0.417. The summed E-state index contributed by atoms with van der Waals surface area (Å²) in [6, 6.07) is 1.37. The summed E-state index contributed by atoms with van der Waals surface area (Å²) in [6.45, 7) is 2.81. The molecule has 4 nitrogen and oxygen atoms in total. The lowest BCUT2D eigenvalue weighted by Crippen LogP contribution is -2.52. The van der Waals surface area contributed by atoms with Gasteiger partial charge >= 0.3 is 0 Å². The highest BCUT2D eigenvalue weighted by Crippen LogP contribution is 2.13. The van der Waals surface area contributed by atoms with Crippen LogP contribution in [-0.4, -0.2) is 49.0 Å². The van der Waals surface area contributed by atoms with Crippen molar-refractivity contribution in [1.29, 1.82) is 0 Å². The molecule has 7 heteroatoms. The van der Waals surface area contributed by atoms with Gasteiger partial charge in [-0.2, -0.15) is 0 Å². The van der Waals surface area contributed by atoms with Crippen molar-refractivity contribution in [1.82, 2.24) is 15.3 Å². The lowest BCUT2D eigenvalue weighted by molar-refractivity contribution is 0.0661. The van der Waals surface area contributed by atoms with E-state index in [1.54, 1.807) is 5.01 Å². The Labute approximate surface area is 108 Å². The summed E-state index contributed by atoms with van der Waals surface area (Å²) in [5.41, 5.74) is 2.30. The third-order valence-corrected chi connectivity index (χ3v) is 3.01. The Morgan fingerprint density at radius 2 is 1.63 bits per heavy atom. The zero-order valence-electron chi connectivity index (χ0n) is 10.4. The molecule has 0 unspecified atom stereocenters. The van der Waals surface area contributed by atoms with Crippen LogP contribution in [-0.2, 0) is 0 Å². The molecular weight excluding hydrogens is 259 g/mol. The predicted octanol–water partition coefficient (Wildman–Crippen LogP) is 0.996.